The van der Waals surface area contributed by atoms with Crippen LogP contribution < -0.4 is 15.6 Å². The Hall–Kier alpha value is -1.86. The number of aldehydes is 1. The van der Waals surface area contributed by atoms with Crippen LogP contribution in [0, 0.1) is 6.92 Å². The van der Waals surface area contributed by atoms with Crippen LogP contribution in [0.1, 0.15) is 29.5 Å². The molecule has 0 saturated carbocycles. The van der Waals surface area contributed by atoms with Gasteiger partial charge in [-0.05, 0) is 64.5 Å². The molecule has 0 saturated heterocycles. The van der Waals surface area contributed by atoms with Crippen LogP contribution in [-0.4, -0.2) is 17.5 Å². The minimum absolute atomic E-state index is 0.140. The molecule has 4 rings (SSSR count). The van der Waals surface area contributed by atoms with Crippen LogP contribution in [0.2, 0.25) is 0 Å². The van der Waals surface area contributed by atoms with Crippen molar-refractivity contribution in [3.8, 4) is 0 Å². The molecule has 0 N–H and O–H groups in total. The highest BCUT2D eigenvalue weighted by Gasteiger charge is 2.50. The van der Waals surface area contributed by atoms with Crippen molar-refractivity contribution in [2.45, 2.75) is 25.3 Å². The first kappa shape index (κ1) is 19.5. The Labute approximate surface area is 174 Å². The Morgan fingerprint density at radius 3 is 2.50 bits per heavy atom. The third-order valence-electron chi connectivity index (χ3n) is 5.26. The lowest BCUT2D eigenvalue weighted by Crippen LogP contribution is -2.47. The van der Waals surface area contributed by atoms with E-state index in [1.807, 2.05) is 24.1 Å². The number of rotatable bonds is 4. The molecule has 2 aromatic carbocycles. The Morgan fingerprint density at radius 2 is 1.89 bits per heavy atom. The lowest BCUT2D eigenvalue weighted by atomic mass is 9.78. The summed E-state index contributed by atoms with van der Waals surface area (Å²) >= 11 is 1.64. The van der Waals surface area contributed by atoms with Gasteiger partial charge in [-0.1, -0.05) is 35.9 Å². The highest BCUT2D eigenvalue weighted by molar-refractivity contribution is 7.29. The molecule has 0 amide bonds. The summed E-state index contributed by atoms with van der Waals surface area (Å²) < 4.78 is 0. The van der Waals surface area contributed by atoms with Gasteiger partial charge in [0.1, 0.15) is 11.8 Å². The van der Waals surface area contributed by atoms with Gasteiger partial charge in [-0.15, -0.1) is 18.5 Å². The molecule has 0 fully saturated rings. The van der Waals surface area contributed by atoms with Gasteiger partial charge in [0.05, 0.1) is 17.3 Å². The van der Waals surface area contributed by atoms with E-state index in [2.05, 4.69) is 72.6 Å². The zero-order valence-electron chi connectivity index (χ0n) is 15.8. The number of benzene rings is 2. The molecule has 3 nitrogen and oxygen atoms in total. The zero-order valence-corrected chi connectivity index (χ0v) is 18.9. The molecule has 28 heavy (non-hydrogen) atoms. The lowest BCUT2D eigenvalue weighted by molar-refractivity contribution is -0.111. The quantitative estimate of drug-likeness (QED) is 0.468. The summed E-state index contributed by atoms with van der Waals surface area (Å²) in [6, 6.07) is 16.6. The lowest BCUT2D eigenvalue weighted by Gasteiger charge is -2.34. The zero-order chi connectivity index (χ0) is 19.9. The molecular formula is C22H22N2OP2S. The fourth-order valence-electron chi connectivity index (χ4n) is 3.75. The molecule has 4 unspecified atom stereocenters. The normalized spacial score (nSPS) is 21.6. The number of nitrogens with zero attached hydrogens (tertiary/aromatic N) is 2. The van der Waals surface area contributed by atoms with E-state index >= 15 is 0 Å². The number of anilines is 1. The van der Waals surface area contributed by atoms with Gasteiger partial charge in [0.2, 0.25) is 0 Å². The van der Waals surface area contributed by atoms with Gasteiger partial charge in [-0.2, -0.15) is 16.4 Å². The van der Waals surface area contributed by atoms with E-state index in [-0.39, 0.29) is 5.92 Å². The maximum absolute atomic E-state index is 12.5. The van der Waals surface area contributed by atoms with Gasteiger partial charge in [0, 0.05) is 0 Å². The third kappa shape index (κ3) is 3.24. The van der Waals surface area contributed by atoms with Crippen LogP contribution in [0.5, 0.6) is 0 Å². The van der Waals surface area contributed by atoms with Crippen LogP contribution >= 0.6 is 29.8 Å². The third-order valence-corrected chi connectivity index (χ3v) is 6.79. The molecule has 0 bridgehead atoms. The molecule has 1 aliphatic rings. The Balaban J connectivity index is 1.92. The maximum atomic E-state index is 12.5. The summed E-state index contributed by atoms with van der Waals surface area (Å²) in [5.41, 5.74) is 4.41. The smallest absolute Gasteiger partial charge is 0.148 e. The van der Waals surface area contributed by atoms with Crippen molar-refractivity contribution >= 4 is 58.1 Å². The van der Waals surface area contributed by atoms with E-state index in [4.69, 9.17) is 5.10 Å². The Kier molecular flexibility index (Phi) is 5.22. The van der Waals surface area contributed by atoms with Gasteiger partial charge in [-0.25, -0.2) is 0 Å². The number of aryl methyl sites for hydroxylation is 1. The van der Waals surface area contributed by atoms with E-state index in [1.165, 1.54) is 5.56 Å². The molecule has 1 aromatic heterocycles. The van der Waals surface area contributed by atoms with Gasteiger partial charge in [-0.3, -0.25) is 5.01 Å². The number of hydrazone groups is 1. The fraction of sp³-hybridized carbons (Fsp3) is 0.182. The first-order valence-electron chi connectivity index (χ1n) is 9.03. The van der Waals surface area contributed by atoms with Crippen LogP contribution in [-0.2, 0) is 4.79 Å². The SMILES string of the molecule is Cc1ccc(C2=NN(c3ccc(P)cc3P)C(C)(C=O)C2c2ccsc2)cc1. The van der Waals surface area contributed by atoms with Crippen LogP contribution in [0.25, 0.3) is 0 Å². The van der Waals surface area contributed by atoms with E-state index in [1.54, 1.807) is 11.3 Å². The predicted molar refractivity (Wildman–Crippen MR) is 127 cm³/mol. The minimum atomic E-state index is -0.811. The van der Waals surface area contributed by atoms with Crippen LogP contribution in [0.3, 0.4) is 0 Å². The fourth-order valence-corrected chi connectivity index (χ4v) is 5.32. The molecule has 0 aliphatic carbocycles. The first-order chi connectivity index (χ1) is 13.4. The number of hydrogen-bond acceptors (Lipinski definition) is 4. The number of carbonyl (C=O) groups excluding carboxylic acids is 1. The van der Waals surface area contributed by atoms with E-state index in [0.29, 0.717) is 0 Å². The number of hydrogen-bond donors (Lipinski definition) is 0. The standard InChI is InChI=1S/C22H22N2OP2S/c1-14-3-5-15(6-4-14)21-20(16-9-10-28-12-16)22(2,13-25)24(23-21)18-8-7-17(26)11-19(18)27/h3-13,20H,26-27H2,1-2H3. The summed E-state index contributed by atoms with van der Waals surface area (Å²) in [7, 11) is 5.48. The molecular weight excluding hydrogens is 402 g/mol. The second-order valence-corrected chi connectivity index (χ2v) is 9.38. The van der Waals surface area contributed by atoms with Crippen LogP contribution in [0.4, 0.5) is 5.69 Å². The van der Waals surface area contributed by atoms with Gasteiger partial charge >= 0.3 is 0 Å². The summed E-state index contributed by atoms with van der Waals surface area (Å²) in [5.74, 6) is -0.140. The average molecular weight is 424 g/mol. The largest absolute Gasteiger partial charge is 0.301 e. The van der Waals surface area contributed by atoms with Crippen LogP contribution in [0.15, 0.2) is 64.4 Å². The molecule has 2 heterocycles. The Morgan fingerprint density at radius 1 is 1.14 bits per heavy atom. The van der Waals surface area contributed by atoms with Gasteiger partial charge < -0.3 is 4.79 Å². The minimum Gasteiger partial charge on any atom is -0.301 e. The number of carbonyl (C=O) groups is 1. The van der Waals surface area contributed by atoms with Gasteiger partial charge in [0.15, 0.2) is 0 Å². The topological polar surface area (TPSA) is 32.7 Å². The number of thiophene rings is 1. The second-order valence-electron chi connectivity index (χ2n) is 7.31. The molecule has 4 atom stereocenters. The summed E-state index contributed by atoms with van der Waals surface area (Å²) in [6.07, 6.45) is 1.04. The van der Waals surface area contributed by atoms with Crippen molar-refractivity contribution in [1.82, 2.24) is 0 Å². The Bertz CT molecular complexity index is 1050. The van der Waals surface area contributed by atoms with Crippen molar-refractivity contribution in [1.29, 1.82) is 0 Å². The second kappa shape index (κ2) is 7.52. The van der Waals surface area contributed by atoms with E-state index in [0.717, 1.165) is 39.4 Å². The molecule has 142 valence electrons. The predicted octanol–water partition coefficient (Wildman–Crippen LogP) is 4.02. The van der Waals surface area contributed by atoms with Crippen molar-refractivity contribution in [3.63, 3.8) is 0 Å². The summed E-state index contributed by atoms with van der Waals surface area (Å²) in [4.78, 5) is 12.5. The average Bonchev–Trinajstić information content (AvgIpc) is 3.29. The van der Waals surface area contributed by atoms with Gasteiger partial charge in [0.25, 0.3) is 0 Å². The summed E-state index contributed by atoms with van der Waals surface area (Å²) in [5, 5.41) is 13.2. The molecule has 0 spiro atoms. The van der Waals surface area contributed by atoms with Crippen molar-refractivity contribution in [2.24, 2.45) is 5.10 Å². The maximum Gasteiger partial charge on any atom is 0.148 e. The van der Waals surface area contributed by atoms with E-state index in [9.17, 15) is 4.79 Å². The molecule has 6 heteroatoms. The van der Waals surface area contributed by atoms with E-state index < -0.39 is 5.54 Å². The summed E-state index contributed by atoms with van der Waals surface area (Å²) in [6.45, 7) is 4.05. The molecule has 3 aromatic rings. The van der Waals surface area contributed by atoms with Crippen molar-refractivity contribution in [3.05, 3.63) is 76.0 Å². The highest BCUT2D eigenvalue weighted by Crippen LogP contribution is 2.43. The molecule has 1 aliphatic heterocycles. The highest BCUT2D eigenvalue weighted by atomic mass is 32.1. The molecule has 0 radical (unpaired) electrons. The van der Waals surface area contributed by atoms with Crippen molar-refractivity contribution < 1.29 is 4.79 Å². The monoisotopic (exact) mass is 424 g/mol. The first-order valence-corrected chi connectivity index (χ1v) is 11.1. The van der Waals surface area contributed by atoms with Crippen molar-refractivity contribution in [2.75, 3.05) is 5.01 Å².